The summed E-state index contributed by atoms with van der Waals surface area (Å²) in [4.78, 5) is 39.3. The molecule has 0 saturated carbocycles. The Labute approximate surface area is 163 Å². The van der Waals surface area contributed by atoms with Gasteiger partial charge in [0.05, 0.1) is 0 Å². The number of carbonyl (C=O) groups is 3. The lowest BCUT2D eigenvalue weighted by Crippen LogP contribution is -2.35. The number of aliphatic hydroxyl groups is 1. The number of amidine groups is 1. The minimum atomic E-state index is -0.727. The molecule has 0 saturated heterocycles. The Morgan fingerprint density at radius 2 is 1.93 bits per heavy atom. The number of likely N-dealkylation sites (N-methyl/N-ethyl adjacent to an activating group) is 1. The SMILES string of the molecule is CC.CC(=O)OC/C(O)=C(\C(=O)N(C)C)C(=Nc1ccc(C)cc1F)NC=O. The van der Waals surface area contributed by atoms with E-state index in [0.717, 1.165) is 11.8 Å². The van der Waals surface area contributed by atoms with Gasteiger partial charge in [0.2, 0.25) is 6.41 Å². The molecule has 0 bridgehead atoms. The number of halogens is 1. The number of aliphatic imine (C=N–C) groups is 1. The van der Waals surface area contributed by atoms with Crippen molar-refractivity contribution < 1.29 is 28.6 Å². The molecule has 1 aromatic carbocycles. The summed E-state index contributed by atoms with van der Waals surface area (Å²) in [6.07, 6.45) is 0.229. The molecule has 8 nitrogen and oxygen atoms in total. The first-order chi connectivity index (χ1) is 13.2. The zero-order chi connectivity index (χ0) is 21.9. The quantitative estimate of drug-likeness (QED) is 0.192. The van der Waals surface area contributed by atoms with E-state index in [0.29, 0.717) is 5.56 Å². The lowest BCUT2D eigenvalue weighted by atomic mass is 10.1. The minimum absolute atomic E-state index is 0.149. The van der Waals surface area contributed by atoms with Crippen molar-refractivity contribution in [2.75, 3.05) is 20.7 Å². The molecule has 0 spiro atoms. The molecule has 0 fully saturated rings. The second kappa shape index (κ2) is 12.2. The molecule has 0 aliphatic carbocycles. The van der Waals surface area contributed by atoms with E-state index in [-0.39, 0.29) is 17.9 Å². The van der Waals surface area contributed by atoms with Crippen LogP contribution in [0.3, 0.4) is 0 Å². The summed E-state index contributed by atoms with van der Waals surface area (Å²) in [6, 6.07) is 4.18. The third-order valence-electron chi connectivity index (χ3n) is 3.09. The second-order valence-corrected chi connectivity index (χ2v) is 5.48. The molecule has 1 aromatic rings. The van der Waals surface area contributed by atoms with Crippen molar-refractivity contribution in [1.29, 1.82) is 0 Å². The highest BCUT2D eigenvalue weighted by atomic mass is 19.1. The fraction of sp³-hybridized carbons (Fsp3) is 0.368. The van der Waals surface area contributed by atoms with Gasteiger partial charge in [-0.3, -0.25) is 14.4 Å². The van der Waals surface area contributed by atoms with Crippen LogP contribution in [-0.4, -0.2) is 54.8 Å². The van der Waals surface area contributed by atoms with Gasteiger partial charge in [-0.2, -0.15) is 0 Å². The number of rotatable bonds is 6. The zero-order valence-electron chi connectivity index (χ0n) is 16.9. The van der Waals surface area contributed by atoms with Crippen molar-refractivity contribution in [3.63, 3.8) is 0 Å². The van der Waals surface area contributed by atoms with E-state index in [1.165, 1.54) is 26.2 Å². The van der Waals surface area contributed by atoms with Crippen molar-refractivity contribution in [3.05, 3.63) is 40.9 Å². The fourth-order valence-corrected chi connectivity index (χ4v) is 1.87. The van der Waals surface area contributed by atoms with Crippen LogP contribution in [0.4, 0.5) is 10.1 Å². The van der Waals surface area contributed by atoms with Crippen molar-refractivity contribution in [2.24, 2.45) is 4.99 Å². The van der Waals surface area contributed by atoms with Gasteiger partial charge in [0.25, 0.3) is 5.91 Å². The summed E-state index contributed by atoms with van der Waals surface area (Å²) < 4.78 is 18.7. The van der Waals surface area contributed by atoms with Gasteiger partial charge >= 0.3 is 5.97 Å². The van der Waals surface area contributed by atoms with Gasteiger partial charge in [0.1, 0.15) is 35.3 Å². The molecule has 0 aliphatic rings. The first-order valence-corrected chi connectivity index (χ1v) is 8.49. The number of benzene rings is 1. The Kier molecular flexibility index (Phi) is 10.8. The summed E-state index contributed by atoms with van der Waals surface area (Å²) in [5.41, 5.74) is 0.0804. The third-order valence-corrected chi connectivity index (χ3v) is 3.09. The molecule has 154 valence electrons. The maximum Gasteiger partial charge on any atom is 0.303 e. The average Bonchev–Trinajstić information content (AvgIpc) is 2.64. The van der Waals surface area contributed by atoms with Crippen molar-refractivity contribution >= 4 is 29.8 Å². The van der Waals surface area contributed by atoms with Crippen molar-refractivity contribution in [1.82, 2.24) is 10.2 Å². The summed E-state index contributed by atoms with van der Waals surface area (Å²) in [5.74, 6) is -3.10. The van der Waals surface area contributed by atoms with E-state index >= 15 is 0 Å². The number of aryl methyl sites for hydroxylation is 1. The zero-order valence-corrected chi connectivity index (χ0v) is 16.9. The van der Waals surface area contributed by atoms with E-state index in [2.05, 4.69) is 15.0 Å². The molecule has 0 radical (unpaired) electrons. The Bertz CT molecular complexity index is 773. The van der Waals surface area contributed by atoms with E-state index in [9.17, 15) is 23.9 Å². The fourth-order valence-electron chi connectivity index (χ4n) is 1.87. The van der Waals surface area contributed by atoms with Crippen LogP contribution in [0, 0.1) is 12.7 Å². The number of nitrogens with zero attached hydrogens (tertiary/aromatic N) is 2. The van der Waals surface area contributed by atoms with Gasteiger partial charge in [0.15, 0.2) is 0 Å². The van der Waals surface area contributed by atoms with Crippen LogP contribution in [0.5, 0.6) is 0 Å². The number of amides is 2. The number of nitrogens with one attached hydrogen (secondary N) is 1. The third kappa shape index (κ3) is 7.56. The minimum Gasteiger partial charge on any atom is -0.508 e. The molecule has 28 heavy (non-hydrogen) atoms. The molecule has 0 aliphatic heterocycles. The standard InChI is InChI=1S/C17H20FN3O5.C2H6/c1-10-5-6-13(12(18)7-10)20-16(19-9-22)15(17(25)21(3)4)14(24)8-26-11(2)23;1-2/h5-7,9,24H,8H2,1-4H3,(H,19,20,22);1-2H3/b15-14+;. The molecular weight excluding hydrogens is 369 g/mol. The summed E-state index contributed by atoms with van der Waals surface area (Å²) in [5, 5.41) is 12.4. The summed E-state index contributed by atoms with van der Waals surface area (Å²) in [7, 11) is 2.82. The molecule has 2 amide bonds. The first kappa shape index (κ1) is 24.8. The summed E-state index contributed by atoms with van der Waals surface area (Å²) in [6.45, 7) is 6.20. The monoisotopic (exact) mass is 395 g/mol. The lowest BCUT2D eigenvalue weighted by Gasteiger charge is -2.17. The van der Waals surface area contributed by atoms with Gasteiger partial charge in [-0.25, -0.2) is 9.38 Å². The van der Waals surface area contributed by atoms with Crippen LogP contribution in [0.2, 0.25) is 0 Å². The van der Waals surface area contributed by atoms with Crippen molar-refractivity contribution in [2.45, 2.75) is 27.7 Å². The van der Waals surface area contributed by atoms with E-state index < -0.39 is 35.6 Å². The van der Waals surface area contributed by atoms with Crippen molar-refractivity contribution in [3.8, 4) is 0 Å². The van der Waals surface area contributed by atoms with Gasteiger partial charge in [-0.1, -0.05) is 19.9 Å². The van der Waals surface area contributed by atoms with Crippen LogP contribution in [0.15, 0.2) is 34.5 Å². The van der Waals surface area contributed by atoms with Crippen LogP contribution in [-0.2, 0) is 19.1 Å². The highest BCUT2D eigenvalue weighted by Crippen LogP contribution is 2.20. The summed E-state index contributed by atoms with van der Waals surface area (Å²) >= 11 is 0. The molecule has 1 rings (SSSR count). The Balaban J connectivity index is 0.00000352. The Hall–Kier alpha value is -3.23. The molecule has 2 N–H and O–H groups in total. The molecule has 0 unspecified atom stereocenters. The molecule has 0 atom stereocenters. The lowest BCUT2D eigenvalue weighted by molar-refractivity contribution is -0.141. The highest BCUT2D eigenvalue weighted by molar-refractivity contribution is 6.23. The van der Waals surface area contributed by atoms with Crippen LogP contribution in [0.1, 0.15) is 26.3 Å². The van der Waals surface area contributed by atoms with Gasteiger partial charge in [0, 0.05) is 21.0 Å². The topological polar surface area (TPSA) is 108 Å². The smallest absolute Gasteiger partial charge is 0.303 e. The van der Waals surface area contributed by atoms with Gasteiger partial charge < -0.3 is 20.1 Å². The van der Waals surface area contributed by atoms with Crippen LogP contribution >= 0.6 is 0 Å². The first-order valence-electron chi connectivity index (χ1n) is 8.49. The number of ether oxygens (including phenoxy) is 1. The van der Waals surface area contributed by atoms with E-state index in [1.54, 1.807) is 13.0 Å². The molecule has 0 heterocycles. The number of carbonyl (C=O) groups excluding carboxylic acids is 3. The number of hydrogen-bond donors (Lipinski definition) is 2. The normalized spacial score (nSPS) is 11.5. The maximum absolute atomic E-state index is 14.1. The largest absolute Gasteiger partial charge is 0.508 e. The van der Waals surface area contributed by atoms with E-state index in [1.807, 2.05) is 13.8 Å². The second-order valence-electron chi connectivity index (χ2n) is 5.48. The molecule has 0 aromatic heterocycles. The molecular formula is C19H26FN3O5. The van der Waals surface area contributed by atoms with Gasteiger partial charge in [-0.05, 0) is 24.6 Å². The molecule has 9 heteroatoms. The predicted octanol–water partition coefficient (Wildman–Crippen LogP) is 2.40. The Morgan fingerprint density at radius 3 is 2.39 bits per heavy atom. The average molecular weight is 395 g/mol. The van der Waals surface area contributed by atoms with Gasteiger partial charge in [-0.15, -0.1) is 0 Å². The van der Waals surface area contributed by atoms with Crippen LogP contribution < -0.4 is 5.32 Å². The number of hydrogen-bond acceptors (Lipinski definition) is 6. The maximum atomic E-state index is 14.1. The van der Waals surface area contributed by atoms with E-state index in [4.69, 9.17) is 0 Å². The number of esters is 1. The number of aliphatic hydroxyl groups excluding tert-OH is 1. The predicted molar refractivity (Wildman–Crippen MR) is 104 cm³/mol. The van der Waals surface area contributed by atoms with Crippen LogP contribution in [0.25, 0.3) is 0 Å². The Morgan fingerprint density at radius 1 is 1.32 bits per heavy atom. The highest BCUT2D eigenvalue weighted by Gasteiger charge is 2.24.